The summed E-state index contributed by atoms with van der Waals surface area (Å²) in [5, 5.41) is 3.20. The van der Waals surface area contributed by atoms with Crippen LogP contribution < -0.4 is 15.0 Å². The first-order valence-corrected chi connectivity index (χ1v) is 9.69. The number of hydrogen-bond acceptors (Lipinski definition) is 5. The van der Waals surface area contributed by atoms with Crippen molar-refractivity contribution in [2.75, 3.05) is 30.4 Å². The van der Waals surface area contributed by atoms with Crippen LogP contribution in [0, 0.1) is 6.92 Å². The molecule has 0 aliphatic heterocycles. The fourth-order valence-electron chi connectivity index (χ4n) is 3.09. The summed E-state index contributed by atoms with van der Waals surface area (Å²) >= 11 is 0. The number of benzene rings is 2. The van der Waals surface area contributed by atoms with Crippen molar-refractivity contribution in [1.82, 2.24) is 9.97 Å². The number of aryl methyl sites for hydroxylation is 1. The highest BCUT2D eigenvalue weighted by Gasteiger charge is 2.18. The van der Waals surface area contributed by atoms with E-state index >= 15 is 0 Å². The molecule has 3 rings (SSSR count). The first-order chi connectivity index (χ1) is 14.1. The molecule has 0 spiro atoms. The van der Waals surface area contributed by atoms with E-state index in [4.69, 9.17) is 4.74 Å². The Morgan fingerprint density at radius 3 is 2.72 bits per heavy atom. The summed E-state index contributed by atoms with van der Waals surface area (Å²) in [7, 11) is 1.66. The zero-order valence-corrected chi connectivity index (χ0v) is 17.1. The van der Waals surface area contributed by atoms with Gasteiger partial charge in [-0.1, -0.05) is 24.3 Å². The second kappa shape index (κ2) is 9.68. The number of aromatic nitrogens is 2. The molecule has 0 unspecified atom stereocenters. The van der Waals surface area contributed by atoms with E-state index in [1.165, 1.54) is 0 Å². The number of ether oxygens (including phenoxy) is 1. The molecule has 0 aliphatic carbocycles. The average Bonchev–Trinajstić information content (AvgIpc) is 2.75. The molecule has 0 bridgehead atoms. The standard InChI is InChI=1S/C23H26N4O2/c1-4-27(19-9-5-7-17(2)15-19)22(28)21-12-14-25-23(26-21)24-13-11-18-8-6-10-20(16-18)29-3/h5-10,12,14-16H,4,11,13H2,1-3H3,(H,24,25,26). The first-order valence-electron chi connectivity index (χ1n) is 9.69. The fraction of sp³-hybridized carbons (Fsp3) is 0.261. The van der Waals surface area contributed by atoms with Crippen molar-refractivity contribution in [2.24, 2.45) is 0 Å². The van der Waals surface area contributed by atoms with E-state index in [1.807, 2.05) is 62.4 Å². The molecule has 3 aromatic rings. The third-order valence-electron chi connectivity index (χ3n) is 4.58. The molecular weight excluding hydrogens is 364 g/mol. The molecule has 0 saturated heterocycles. The zero-order chi connectivity index (χ0) is 20.6. The Morgan fingerprint density at radius 2 is 1.97 bits per heavy atom. The summed E-state index contributed by atoms with van der Waals surface area (Å²) in [5.41, 5.74) is 3.49. The number of methoxy groups -OCH3 is 1. The maximum absolute atomic E-state index is 13.0. The van der Waals surface area contributed by atoms with E-state index in [-0.39, 0.29) is 5.91 Å². The first kappa shape index (κ1) is 20.3. The summed E-state index contributed by atoms with van der Waals surface area (Å²) < 4.78 is 5.25. The van der Waals surface area contributed by atoms with Gasteiger partial charge in [-0.25, -0.2) is 9.97 Å². The molecule has 6 heteroatoms. The highest BCUT2D eigenvalue weighted by Crippen LogP contribution is 2.18. The van der Waals surface area contributed by atoms with Gasteiger partial charge in [-0.15, -0.1) is 0 Å². The Hall–Kier alpha value is -3.41. The van der Waals surface area contributed by atoms with Crippen molar-refractivity contribution < 1.29 is 9.53 Å². The lowest BCUT2D eigenvalue weighted by Gasteiger charge is -2.21. The Bertz CT molecular complexity index is 974. The Balaban J connectivity index is 1.67. The number of amides is 1. The van der Waals surface area contributed by atoms with Gasteiger partial charge in [-0.05, 0) is 61.7 Å². The minimum absolute atomic E-state index is 0.142. The zero-order valence-electron chi connectivity index (χ0n) is 17.1. The largest absolute Gasteiger partial charge is 0.497 e. The van der Waals surface area contributed by atoms with Gasteiger partial charge in [0.15, 0.2) is 0 Å². The lowest BCUT2D eigenvalue weighted by Crippen LogP contribution is -2.31. The molecule has 150 valence electrons. The van der Waals surface area contributed by atoms with Crippen molar-refractivity contribution in [3.8, 4) is 5.75 Å². The maximum Gasteiger partial charge on any atom is 0.277 e. The van der Waals surface area contributed by atoms with Gasteiger partial charge in [0.25, 0.3) is 5.91 Å². The SMILES string of the molecule is CCN(C(=O)c1ccnc(NCCc2cccc(OC)c2)n1)c1cccc(C)c1. The van der Waals surface area contributed by atoms with Crippen molar-refractivity contribution in [1.29, 1.82) is 0 Å². The quantitative estimate of drug-likeness (QED) is 0.627. The fourth-order valence-corrected chi connectivity index (χ4v) is 3.09. The maximum atomic E-state index is 13.0. The van der Waals surface area contributed by atoms with E-state index < -0.39 is 0 Å². The van der Waals surface area contributed by atoms with Crippen LogP contribution in [0.2, 0.25) is 0 Å². The van der Waals surface area contributed by atoms with Crippen LogP contribution in [0.25, 0.3) is 0 Å². The van der Waals surface area contributed by atoms with Gasteiger partial charge in [0.2, 0.25) is 5.95 Å². The number of carbonyl (C=O) groups is 1. The highest BCUT2D eigenvalue weighted by molar-refractivity contribution is 6.04. The third kappa shape index (κ3) is 5.31. The lowest BCUT2D eigenvalue weighted by molar-refractivity contribution is 0.0983. The van der Waals surface area contributed by atoms with Gasteiger partial charge >= 0.3 is 0 Å². The van der Waals surface area contributed by atoms with Crippen molar-refractivity contribution in [3.05, 3.63) is 77.6 Å². The summed E-state index contributed by atoms with van der Waals surface area (Å²) in [6, 6.07) is 17.5. The molecule has 0 saturated carbocycles. The topological polar surface area (TPSA) is 67.4 Å². The van der Waals surface area contributed by atoms with Crippen LogP contribution in [-0.2, 0) is 6.42 Å². The average molecular weight is 390 g/mol. The van der Waals surface area contributed by atoms with Gasteiger partial charge in [0.1, 0.15) is 11.4 Å². The minimum Gasteiger partial charge on any atom is -0.497 e. The van der Waals surface area contributed by atoms with E-state index in [1.54, 1.807) is 24.3 Å². The van der Waals surface area contributed by atoms with Crippen LogP contribution in [0.5, 0.6) is 5.75 Å². The second-order valence-corrected chi connectivity index (χ2v) is 6.68. The van der Waals surface area contributed by atoms with Gasteiger partial charge in [-0.3, -0.25) is 4.79 Å². The third-order valence-corrected chi connectivity index (χ3v) is 4.58. The van der Waals surface area contributed by atoms with Crippen LogP contribution in [0.15, 0.2) is 60.8 Å². The van der Waals surface area contributed by atoms with Crippen molar-refractivity contribution >= 4 is 17.5 Å². The van der Waals surface area contributed by atoms with Crippen LogP contribution in [-0.4, -0.2) is 36.1 Å². The predicted molar refractivity (Wildman–Crippen MR) is 116 cm³/mol. The molecule has 6 nitrogen and oxygen atoms in total. The van der Waals surface area contributed by atoms with Crippen molar-refractivity contribution in [3.63, 3.8) is 0 Å². The van der Waals surface area contributed by atoms with E-state index in [2.05, 4.69) is 15.3 Å². The van der Waals surface area contributed by atoms with Gasteiger partial charge in [-0.2, -0.15) is 0 Å². The molecular formula is C23H26N4O2. The van der Waals surface area contributed by atoms with E-state index in [0.29, 0.717) is 24.7 Å². The van der Waals surface area contributed by atoms with Gasteiger partial charge < -0.3 is 15.0 Å². The molecule has 1 aromatic heterocycles. The molecule has 1 N–H and O–H groups in total. The number of rotatable bonds is 8. The molecule has 1 heterocycles. The molecule has 29 heavy (non-hydrogen) atoms. The van der Waals surface area contributed by atoms with Crippen molar-refractivity contribution in [2.45, 2.75) is 20.3 Å². The van der Waals surface area contributed by atoms with Crippen LogP contribution >= 0.6 is 0 Å². The van der Waals surface area contributed by atoms with Crippen LogP contribution in [0.3, 0.4) is 0 Å². The molecule has 0 atom stereocenters. The van der Waals surface area contributed by atoms with E-state index in [0.717, 1.165) is 29.0 Å². The van der Waals surface area contributed by atoms with Gasteiger partial charge in [0, 0.05) is 25.0 Å². The second-order valence-electron chi connectivity index (χ2n) is 6.68. The monoisotopic (exact) mass is 390 g/mol. The smallest absolute Gasteiger partial charge is 0.277 e. The minimum atomic E-state index is -0.142. The number of nitrogens with one attached hydrogen (secondary N) is 1. The summed E-state index contributed by atoms with van der Waals surface area (Å²) in [5.74, 6) is 1.14. The lowest BCUT2D eigenvalue weighted by atomic mass is 10.1. The molecule has 1 amide bonds. The summed E-state index contributed by atoms with van der Waals surface area (Å²) in [4.78, 5) is 23.4. The van der Waals surface area contributed by atoms with Gasteiger partial charge in [0.05, 0.1) is 7.11 Å². The van der Waals surface area contributed by atoms with Crippen LogP contribution in [0.4, 0.5) is 11.6 Å². The summed E-state index contributed by atoms with van der Waals surface area (Å²) in [6.45, 7) is 5.18. The number of nitrogens with zero attached hydrogens (tertiary/aromatic N) is 3. The molecule has 0 aliphatic rings. The number of carbonyl (C=O) groups excluding carboxylic acids is 1. The van der Waals surface area contributed by atoms with Crippen LogP contribution in [0.1, 0.15) is 28.5 Å². The Kier molecular flexibility index (Phi) is 6.79. The Labute approximate surface area is 171 Å². The summed E-state index contributed by atoms with van der Waals surface area (Å²) in [6.07, 6.45) is 2.40. The predicted octanol–water partition coefficient (Wildman–Crippen LogP) is 4.11. The normalized spacial score (nSPS) is 10.4. The highest BCUT2D eigenvalue weighted by atomic mass is 16.5. The molecule has 0 fully saturated rings. The number of hydrogen-bond donors (Lipinski definition) is 1. The molecule has 0 radical (unpaired) electrons. The number of anilines is 2. The molecule has 2 aromatic carbocycles. The van der Waals surface area contributed by atoms with E-state index in [9.17, 15) is 4.79 Å². The Morgan fingerprint density at radius 1 is 1.14 bits per heavy atom.